The maximum atomic E-state index is 12.6. The molecule has 0 radical (unpaired) electrons. The van der Waals surface area contributed by atoms with Gasteiger partial charge in [0.15, 0.2) is 0 Å². The van der Waals surface area contributed by atoms with Gasteiger partial charge in [0.2, 0.25) is 5.91 Å². The molecule has 4 rings (SSSR count). The second-order valence-electron chi connectivity index (χ2n) is 8.88. The zero-order chi connectivity index (χ0) is 23.4. The highest BCUT2D eigenvalue weighted by Gasteiger charge is 2.20. The molecule has 1 fully saturated rings. The number of aromatic nitrogens is 1. The highest BCUT2D eigenvalue weighted by Crippen LogP contribution is 2.32. The number of carbonyl (C=O) groups is 1. The summed E-state index contributed by atoms with van der Waals surface area (Å²) in [4.78, 5) is 16.8. The fourth-order valence-corrected chi connectivity index (χ4v) is 5.93. The molecule has 1 aliphatic carbocycles. The molecule has 0 unspecified atom stereocenters. The smallest absolute Gasteiger partial charge is 0.262 e. The van der Waals surface area contributed by atoms with E-state index >= 15 is 0 Å². The lowest BCUT2D eigenvalue weighted by molar-refractivity contribution is -0.111. The lowest BCUT2D eigenvalue weighted by atomic mass is 9.95. The zero-order valence-electron chi connectivity index (χ0n) is 19.3. The Labute approximate surface area is 196 Å². The topological polar surface area (TPSA) is 92.6 Å². The van der Waals surface area contributed by atoms with Gasteiger partial charge in [-0.25, -0.2) is 8.42 Å². The van der Waals surface area contributed by atoms with E-state index in [4.69, 9.17) is 0 Å². The van der Waals surface area contributed by atoms with Gasteiger partial charge in [0, 0.05) is 42.2 Å². The number of amides is 1. The number of rotatable bonds is 6. The van der Waals surface area contributed by atoms with Crippen LogP contribution in [0, 0.1) is 13.8 Å². The summed E-state index contributed by atoms with van der Waals surface area (Å²) in [6.07, 6.45) is 11.1. The fraction of sp³-hybridized carbons (Fsp3) is 0.440. The van der Waals surface area contributed by atoms with Crippen LogP contribution in [-0.4, -0.2) is 31.3 Å². The van der Waals surface area contributed by atoms with Crippen LogP contribution in [-0.2, 0) is 14.8 Å². The van der Waals surface area contributed by atoms with Gasteiger partial charge in [-0.1, -0.05) is 25.3 Å². The third-order valence-corrected chi connectivity index (χ3v) is 7.79. The van der Waals surface area contributed by atoms with Crippen LogP contribution in [0.1, 0.15) is 67.9 Å². The SMILES string of the molecule is Cc1cc(/C=C/C(=O)Nc2cccc(S(=O)(=O)NC3=NCCC3)c2)c(C)n1C1CCCCC1. The molecule has 2 N–H and O–H groups in total. The van der Waals surface area contributed by atoms with Crippen LogP contribution in [0.2, 0.25) is 0 Å². The van der Waals surface area contributed by atoms with Gasteiger partial charge in [0.05, 0.1) is 4.90 Å². The van der Waals surface area contributed by atoms with Crippen molar-refractivity contribution in [1.29, 1.82) is 0 Å². The van der Waals surface area contributed by atoms with E-state index in [1.54, 1.807) is 12.1 Å². The molecular formula is C25H32N4O3S. The molecule has 1 saturated carbocycles. The van der Waals surface area contributed by atoms with E-state index in [2.05, 4.69) is 39.5 Å². The molecule has 1 aliphatic heterocycles. The highest BCUT2D eigenvalue weighted by atomic mass is 32.2. The molecule has 0 bridgehead atoms. The summed E-state index contributed by atoms with van der Waals surface area (Å²) >= 11 is 0. The number of sulfonamides is 1. The van der Waals surface area contributed by atoms with Gasteiger partial charge in [-0.05, 0) is 69.0 Å². The normalized spacial score (nSPS) is 17.3. The van der Waals surface area contributed by atoms with Crippen molar-refractivity contribution >= 4 is 33.5 Å². The van der Waals surface area contributed by atoms with Crippen molar-refractivity contribution in [3.8, 4) is 0 Å². The molecular weight excluding hydrogens is 436 g/mol. The van der Waals surface area contributed by atoms with Crippen LogP contribution < -0.4 is 10.0 Å². The number of anilines is 1. The molecule has 7 nitrogen and oxygen atoms in total. The number of benzene rings is 1. The molecule has 1 amide bonds. The van der Waals surface area contributed by atoms with Crippen molar-refractivity contribution < 1.29 is 13.2 Å². The van der Waals surface area contributed by atoms with Gasteiger partial charge in [-0.3, -0.25) is 14.5 Å². The maximum absolute atomic E-state index is 12.6. The minimum atomic E-state index is -3.73. The standard InChI is InChI=1S/C25H32N4O3S/c1-18-16-20(19(2)29(18)22-9-4-3-5-10-22)13-14-25(30)27-21-8-6-11-23(17-21)33(31,32)28-24-12-7-15-26-24/h6,8,11,13-14,16-17,22H,3-5,7,9-10,12,15H2,1-2H3,(H,26,28)(H,27,30)/b14-13+. The second-order valence-corrected chi connectivity index (χ2v) is 10.6. The summed E-state index contributed by atoms with van der Waals surface area (Å²) in [7, 11) is -3.73. The Morgan fingerprint density at radius 2 is 1.91 bits per heavy atom. The number of aliphatic imine (C=N–C) groups is 1. The quantitative estimate of drug-likeness (QED) is 0.600. The van der Waals surface area contributed by atoms with Gasteiger partial charge >= 0.3 is 0 Å². The first-order valence-electron chi connectivity index (χ1n) is 11.7. The van der Waals surface area contributed by atoms with E-state index in [-0.39, 0.29) is 10.8 Å². The number of aryl methyl sites for hydroxylation is 1. The summed E-state index contributed by atoms with van der Waals surface area (Å²) in [5, 5.41) is 2.77. The predicted octanol–water partition coefficient (Wildman–Crippen LogP) is 4.73. The molecule has 1 aromatic carbocycles. The van der Waals surface area contributed by atoms with Crippen LogP contribution in [0.5, 0.6) is 0 Å². The summed E-state index contributed by atoms with van der Waals surface area (Å²) in [6, 6.07) is 8.91. The van der Waals surface area contributed by atoms with Crippen LogP contribution in [0.4, 0.5) is 5.69 Å². The van der Waals surface area contributed by atoms with Gasteiger partial charge < -0.3 is 9.88 Å². The van der Waals surface area contributed by atoms with E-state index in [0.717, 1.165) is 12.0 Å². The first-order valence-corrected chi connectivity index (χ1v) is 13.2. The first-order chi connectivity index (χ1) is 15.8. The molecule has 176 valence electrons. The summed E-state index contributed by atoms with van der Waals surface area (Å²) < 4.78 is 30.2. The lowest BCUT2D eigenvalue weighted by Crippen LogP contribution is -2.29. The van der Waals surface area contributed by atoms with Gasteiger partial charge in [-0.15, -0.1) is 0 Å². The zero-order valence-corrected chi connectivity index (χ0v) is 20.1. The Kier molecular flexibility index (Phi) is 7.02. The van der Waals surface area contributed by atoms with E-state index in [0.29, 0.717) is 30.5 Å². The van der Waals surface area contributed by atoms with Crippen LogP contribution in [0.15, 0.2) is 46.3 Å². The Morgan fingerprint density at radius 1 is 1.12 bits per heavy atom. The number of hydrogen-bond donors (Lipinski definition) is 2. The Balaban J connectivity index is 1.43. The molecule has 33 heavy (non-hydrogen) atoms. The van der Waals surface area contributed by atoms with E-state index in [1.165, 1.54) is 61.7 Å². The third kappa shape index (κ3) is 5.55. The average Bonchev–Trinajstić information content (AvgIpc) is 3.39. The Hall–Kier alpha value is -2.87. The molecule has 2 aliphatic rings. The highest BCUT2D eigenvalue weighted by molar-refractivity contribution is 7.90. The summed E-state index contributed by atoms with van der Waals surface area (Å²) in [5.74, 6) is 0.179. The minimum absolute atomic E-state index is 0.0925. The monoisotopic (exact) mass is 468 g/mol. The van der Waals surface area contributed by atoms with Crippen molar-refractivity contribution in [3.05, 3.63) is 53.4 Å². The van der Waals surface area contributed by atoms with Gasteiger partial charge in [0.25, 0.3) is 10.0 Å². The largest absolute Gasteiger partial charge is 0.346 e. The molecule has 8 heteroatoms. The fourth-order valence-electron chi connectivity index (χ4n) is 4.80. The Bertz CT molecular complexity index is 1190. The van der Waals surface area contributed by atoms with Crippen LogP contribution in [0.25, 0.3) is 6.08 Å². The minimum Gasteiger partial charge on any atom is -0.346 e. The van der Waals surface area contributed by atoms with E-state index < -0.39 is 10.0 Å². The molecule has 0 atom stereocenters. The average molecular weight is 469 g/mol. The molecule has 0 saturated heterocycles. The molecule has 0 spiro atoms. The number of amidine groups is 1. The first kappa shape index (κ1) is 23.3. The lowest BCUT2D eigenvalue weighted by Gasteiger charge is -2.26. The maximum Gasteiger partial charge on any atom is 0.262 e. The number of nitrogens with zero attached hydrogens (tertiary/aromatic N) is 2. The number of carbonyl (C=O) groups excluding carboxylic acids is 1. The van der Waals surface area contributed by atoms with Crippen molar-refractivity contribution in [2.24, 2.45) is 4.99 Å². The van der Waals surface area contributed by atoms with E-state index in [1.807, 2.05) is 6.08 Å². The van der Waals surface area contributed by atoms with Crippen molar-refractivity contribution in [3.63, 3.8) is 0 Å². The van der Waals surface area contributed by atoms with Crippen LogP contribution in [0.3, 0.4) is 0 Å². The van der Waals surface area contributed by atoms with E-state index in [9.17, 15) is 13.2 Å². The predicted molar refractivity (Wildman–Crippen MR) is 132 cm³/mol. The number of nitrogens with one attached hydrogen (secondary N) is 2. The van der Waals surface area contributed by atoms with Crippen molar-refractivity contribution in [2.75, 3.05) is 11.9 Å². The molecule has 2 aromatic rings. The van der Waals surface area contributed by atoms with Crippen molar-refractivity contribution in [1.82, 2.24) is 9.29 Å². The third-order valence-electron chi connectivity index (χ3n) is 6.42. The summed E-state index contributed by atoms with van der Waals surface area (Å²) in [6.45, 7) is 4.87. The Morgan fingerprint density at radius 3 is 2.64 bits per heavy atom. The van der Waals surface area contributed by atoms with Gasteiger partial charge in [0.1, 0.15) is 5.84 Å². The molecule has 1 aromatic heterocycles. The summed E-state index contributed by atoms with van der Waals surface area (Å²) in [5.41, 5.74) is 3.86. The van der Waals surface area contributed by atoms with Crippen LogP contribution >= 0.6 is 0 Å². The van der Waals surface area contributed by atoms with Gasteiger partial charge in [-0.2, -0.15) is 0 Å². The van der Waals surface area contributed by atoms with Crippen molar-refractivity contribution in [2.45, 2.75) is 69.7 Å². The second kappa shape index (κ2) is 9.95. The molecule has 2 heterocycles. The number of hydrogen-bond acceptors (Lipinski definition) is 4.